The summed E-state index contributed by atoms with van der Waals surface area (Å²) < 4.78 is 0. The zero-order valence-corrected chi connectivity index (χ0v) is 12.6. The van der Waals surface area contributed by atoms with Gasteiger partial charge in [0.1, 0.15) is 0 Å². The monoisotopic (exact) mass is 284 g/mol. The Morgan fingerprint density at radius 1 is 1.05 bits per heavy atom. The molecule has 4 rings (SSSR count). The molecule has 1 amide bonds. The number of fused-ring (bicyclic) bond motifs is 1. The van der Waals surface area contributed by atoms with E-state index in [4.69, 9.17) is 0 Å². The SMILES string of the molecule is O=C(Nc1ccc2c(c1)CCN(C1CCC1)CC2)C1CC1. The molecule has 0 atom stereocenters. The van der Waals surface area contributed by atoms with Gasteiger partial charge in [0.15, 0.2) is 0 Å². The molecule has 3 nitrogen and oxygen atoms in total. The van der Waals surface area contributed by atoms with E-state index in [1.807, 2.05) is 0 Å². The highest BCUT2D eigenvalue weighted by Crippen LogP contribution is 2.31. The van der Waals surface area contributed by atoms with Gasteiger partial charge in [0.2, 0.25) is 5.91 Å². The van der Waals surface area contributed by atoms with Crippen molar-refractivity contribution >= 4 is 11.6 Å². The molecule has 0 aromatic heterocycles. The zero-order chi connectivity index (χ0) is 14.2. The number of carbonyl (C=O) groups excluding carboxylic acids is 1. The first kappa shape index (κ1) is 13.3. The van der Waals surface area contributed by atoms with E-state index in [1.165, 1.54) is 43.5 Å². The molecule has 2 aliphatic carbocycles. The zero-order valence-electron chi connectivity index (χ0n) is 12.6. The highest BCUT2D eigenvalue weighted by molar-refractivity contribution is 5.94. The number of amides is 1. The van der Waals surface area contributed by atoms with Crippen molar-refractivity contribution in [2.24, 2.45) is 5.92 Å². The first-order chi connectivity index (χ1) is 10.3. The molecule has 21 heavy (non-hydrogen) atoms. The summed E-state index contributed by atoms with van der Waals surface area (Å²) in [6.45, 7) is 2.38. The molecule has 3 aliphatic rings. The summed E-state index contributed by atoms with van der Waals surface area (Å²) in [6, 6.07) is 7.36. The lowest BCUT2D eigenvalue weighted by molar-refractivity contribution is -0.117. The highest BCUT2D eigenvalue weighted by Gasteiger charge is 2.30. The third kappa shape index (κ3) is 2.84. The molecule has 2 fully saturated rings. The second-order valence-electron chi connectivity index (χ2n) is 6.87. The maximum atomic E-state index is 11.9. The summed E-state index contributed by atoms with van der Waals surface area (Å²) in [5.74, 6) is 0.484. The van der Waals surface area contributed by atoms with Crippen LogP contribution in [0.3, 0.4) is 0 Å². The summed E-state index contributed by atoms with van der Waals surface area (Å²) in [4.78, 5) is 14.6. The minimum Gasteiger partial charge on any atom is -0.326 e. The summed E-state index contributed by atoms with van der Waals surface area (Å²) in [5, 5.41) is 3.08. The summed E-state index contributed by atoms with van der Waals surface area (Å²) in [5.41, 5.74) is 3.90. The Hall–Kier alpha value is -1.35. The average Bonchev–Trinajstić information content (AvgIpc) is 3.24. The predicted octanol–water partition coefficient (Wildman–Crippen LogP) is 2.99. The van der Waals surface area contributed by atoms with Crippen LogP contribution in [0.5, 0.6) is 0 Å². The molecule has 112 valence electrons. The second kappa shape index (κ2) is 5.45. The lowest BCUT2D eigenvalue weighted by Crippen LogP contribution is -2.41. The van der Waals surface area contributed by atoms with E-state index in [2.05, 4.69) is 28.4 Å². The number of nitrogens with zero attached hydrogens (tertiary/aromatic N) is 1. The molecule has 1 aromatic carbocycles. The topological polar surface area (TPSA) is 32.3 Å². The van der Waals surface area contributed by atoms with Gasteiger partial charge in [-0.05, 0) is 61.8 Å². The number of carbonyl (C=O) groups is 1. The molecule has 1 aliphatic heterocycles. The van der Waals surface area contributed by atoms with Gasteiger partial charge in [0.25, 0.3) is 0 Å². The molecule has 1 N–H and O–H groups in total. The van der Waals surface area contributed by atoms with E-state index in [1.54, 1.807) is 0 Å². The van der Waals surface area contributed by atoms with E-state index in [9.17, 15) is 4.79 Å². The van der Waals surface area contributed by atoms with Gasteiger partial charge < -0.3 is 5.32 Å². The number of hydrogen-bond donors (Lipinski definition) is 1. The lowest BCUT2D eigenvalue weighted by atomic mass is 9.91. The number of benzene rings is 1. The van der Waals surface area contributed by atoms with Crippen molar-refractivity contribution in [3.8, 4) is 0 Å². The Kier molecular flexibility index (Phi) is 3.46. The van der Waals surface area contributed by atoms with E-state index < -0.39 is 0 Å². The molecular formula is C18H24N2O. The van der Waals surface area contributed by atoms with Crippen LogP contribution in [0, 0.1) is 5.92 Å². The van der Waals surface area contributed by atoms with Gasteiger partial charge >= 0.3 is 0 Å². The smallest absolute Gasteiger partial charge is 0.227 e. The van der Waals surface area contributed by atoms with Gasteiger partial charge in [-0.3, -0.25) is 9.69 Å². The van der Waals surface area contributed by atoms with Crippen LogP contribution < -0.4 is 5.32 Å². The van der Waals surface area contributed by atoms with E-state index in [0.29, 0.717) is 0 Å². The summed E-state index contributed by atoms with van der Waals surface area (Å²) in [6.07, 6.45) is 8.59. The Morgan fingerprint density at radius 3 is 2.48 bits per heavy atom. The average molecular weight is 284 g/mol. The molecule has 1 heterocycles. The third-order valence-corrected chi connectivity index (χ3v) is 5.35. The molecule has 0 bridgehead atoms. The minimum atomic E-state index is 0.208. The van der Waals surface area contributed by atoms with E-state index in [0.717, 1.165) is 37.4 Å². The van der Waals surface area contributed by atoms with Crippen molar-refractivity contribution in [3.63, 3.8) is 0 Å². The predicted molar refractivity (Wildman–Crippen MR) is 84.4 cm³/mol. The first-order valence-electron chi connectivity index (χ1n) is 8.46. The molecule has 0 saturated heterocycles. The molecule has 2 saturated carbocycles. The fourth-order valence-corrected chi connectivity index (χ4v) is 3.53. The van der Waals surface area contributed by atoms with Crippen LogP contribution in [0.2, 0.25) is 0 Å². The largest absolute Gasteiger partial charge is 0.326 e. The Morgan fingerprint density at radius 2 is 1.81 bits per heavy atom. The third-order valence-electron chi connectivity index (χ3n) is 5.35. The lowest BCUT2D eigenvalue weighted by Gasteiger charge is -2.36. The van der Waals surface area contributed by atoms with Gasteiger partial charge in [-0.15, -0.1) is 0 Å². The summed E-state index contributed by atoms with van der Waals surface area (Å²) in [7, 11) is 0. The van der Waals surface area contributed by atoms with E-state index >= 15 is 0 Å². The van der Waals surface area contributed by atoms with Crippen LogP contribution >= 0.6 is 0 Å². The molecular weight excluding hydrogens is 260 g/mol. The van der Waals surface area contributed by atoms with Gasteiger partial charge in [0.05, 0.1) is 0 Å². The van der Waals surface area contributed by atoms with Crippen LogP contribution in [0.1, 0.15) is 43.2 Å². The molecule has 0 spiro atoms. The fourth-order valence-electron chi connectivity index (χ4n) is 3.53. The van der Waals surface area contributed by atoms with Crippen molar-refractivity contribution in [2.75, 3.05) is 18.4 Å². The van der Waals surface area contributed by atoms with Crippen LogP contribution in [0.4, 0.5) is 5.69 Å². The van der Waals surface area contributed by atoms with Crippen molar-refractivity contribution in [1.29, 1.82) is 0 Å². The molecule has 3 heteroatoms. The van der Waals surface area contributed by atoms with Crippen LogP contribution in [-0.2, 0) is 17.6 Å². The molecule has 1 aromatic rings. The van der Waals surface area contributed by atoms with Gasteiger partial charge in [-0.1, -0.05) is 12.5 Å². The van der Waals surface area contributed by atoms with Crippen molar-refractivity contribution in [2.45, 2.75) is 51.0 Å². The minimum absolute atomic E-state index is 0.208. The maximum Gasteiger partial charge on any atom is 0.227 e. The molecule has 0 radical (unpaired) electrons. The standard InChI is InChI=1S/C18H24N2O/c21-18(14-4-5-14)19-16-7-6-13-8-10-20(17-2-1-3-17)11-9-15(13)12-16/h6-7,12,14,17H,1-5,8-11H2,(H,19,21). The quantitative estimate of drug-likeness (QED) is 0.925. The van der Waals surface area contributed by atoms with Crippen LogP contribution in [0.15, 0.2) is 18.2 Å². The Labute approximate surface area is 126 Å². The van der Waals surface area contributed by atoms with Crippen LogP contribution in [0.25, 0.3) is 0 Å². The van der Waals surface area contributed by atoms with Crippen molar-refractivity contribution < 1.29 is 4.79 Å². The second-order valence-corrected chi connectivity index (χ2v) is 6.87. The number of anilines is 1. The van der Waals surface area contributed by atoms with E-state index in [-0.39, 0.29) is 11.8 Å². The van der Waals surface area contributed by atoms with Crippen molar-refractivity contribution in [1.82, 2.24) is 4.90 Å². The van der Waals surface area contributed by atoms with Crippen molar-refractivity contribution in [3.05, 3.63) is 29.3 Å². The molecule has 0 unspecified atom stereocenters. The number of rotatable bonds is 3. The van der Waals surface area contributed by atoms with Gasteiger partial charge in [0, 0.05) is 30.7 Å². The summed E-state index contributed by atoms with van der Waals surface area (Å²) >= 11 is 0. The maximum absolute atomic E-state index is 11.9. The van der Waals surface area contributed by atoms with Gasteiger partial charge in [-0.25, -0.2) is 0 Å². The number of hydrogen-bond acceptors (Lipinski definition) is 2. The Bertz CT molecular complexity index is 546. The van der Waals surface area contributed by atoms with Crippen LogP contribution in [-0.4, -0.2) is 29.9 Å². The first-order valence-corrected chi connectivity index (χ1v) is 8.46. The highest BCUT2D eigenvalue weighted by atomic mass is 16.2. The fraction of sp³-hybridized carbons (Fsp3) is 0.611. The number of nitrogens with one attached hydrogen (secondary N) is 1. The Balaban J connectivity index is 1.45. The van der Waals surface area contributed by atoms with Gasteiger partial charge in [-0.2, -0.15) is 0 Å². The normalized spacial score (nSPS) is 23.0.